The molecule has 2 aromatic rings. The number of amides is 2. The summed E-state index contributed by atoms with van der Waals surface area (Å²) in [5.74, 6) is -1.19. The summed E-state index contributed by atoms with van der Waals surface area (Å²) in [4.78, 5) is 36.6. The Morgan fingerprint density at radius 3 is 2.78 bits per heavy atom. The van der Waals surface area contributed by atoms with Crippen LogP contribution >= 0.6 is 11.3 Å². The Morgan fingerprint density at radius 2 is 2.04 bits per heavy atom. The van der Waals surface area contributed by atoms with Gasteiger partial charge in [-0.2, -0.15) is 0 Å². The van der Waals surface area contributed by atoms with Crippen LogP contribution in [-0.2, 0) is 27.2 Å². The number of nitrogens with two attached hydrogens (primary N) is 1. The summed E-state index contributed by atoms with van der Waals surface area (Å²) >= 11 is 1.35. The van der Waals surface area contributed by atoms with Crippen LogP contribution in [-0.4, -0.2) is 31.0 Å². The van der Waals surface area contributed by atoms with Crippen molar-refractivity contribution in [3.63, 3.8) is 0 Å². The number of aryl methyl sites for hydroxylation is 2. The van der Waals surface area contributed by atoms with Gasteiger partial charge in [-0.3, -0.25) is 9.59 Å². The summed E-state index contributed by atoms with van der Waals surface area (Å²) in [5.41, 5.74) is 7.75. The van der Waals surface area contributed by atoms with E-state index in [1.54, 1.807) is 12.1 Å². The maximum atomic E-state index is 12.1. The van der Waals surface area contributed by atoms with Crippen LogP contribution in [0.3, 0.4) is 0 Å². The highest BCUT2D eigenvalue weighted by Gasteiger charge is 2.26. The number of benzene rings is 1. The maximum Gasteiger partial charge on any atom is 0.344 e. The maximum absolute atomic E-state index is 12.1. The summed E-state index contributed by atoms with van der Waals surface area (Å²) < 4.78 is 10.2. The topological polar surface area (TPSA) is 108 Å². The van der Waals surface area contributed by atoms with E-state index in [4.69, 9.17) is 15.2 Å². The van der Waals surface area contributed by atoms with Crippen molar-refractivity contribution in [3.8, 4) is 5.75 Å². The van der Waals surface area contributed by atoms with Crippen molar-refractivity contribution in [3.05, 3.63) is 45.8 Å². The van der Waals surface area contributed by atoms with E-state index in [0.29, 0.717) is 16.3 Å². The quantitative estimate of drug-likeness (QED) is 0.707. The molecule has 1 aliphatic carbocycles. The Morgan fingerprint density at radius 1 is 1.22 bits per heavy atom. The number of thiophene rings is 1. The molecule has 3 rings (SSSR count). The first-order valence-electron chi connectivity index (χ1n) is 8.53. The molecule has 0 saturated carbocycles. The zero-order valence-corrected chi connectivity index (χ0v) is 15.7. The molecule has 0 bridgehead atoms. The Kier molecular flexibility index (Phi) is 5.75. The minimum absolute atomic E-state index is 0.295. The molecular formula is C19H20N2O5S. The fourth-order valence-corrected chi connectivity index (χ4v) is 4.26. The zero-order valence-electron chi connectivity index (χ0n) is 14.9. The average molecular weight is 388 g/mol. The lowest BCUT2D eigenvalue weighted by Gasteiger charge is -2.08. The molecule has 7 nitrogen and oxygen atoms in total. The molecule has 0 unspecified atom stereocenters. The zero-order chi connectivity index (χ0) is 19.4. The number of rotatable bonds is 7. The van der Waals surface area contributed by atoms with Gasteiger partial charge in [0, 0.05) is 4.88 Å². The summed E-state index contributed by atoms with van der Waals surface area (Å²) in [5, 5.41) is 3.04. The van der Waals surface area contributed by atoms with Gasteiger partial charge in [-0.25, -0.2) is 4.79 Å². The number of hydrogen-bond acceptors (Lipinski definition) is 6. The lowest BCUT2D eigenvalue weighted by atomic mass is 10.1. The Labute approximate surface area is 160 Å². The first-order chi connectivity index (χ1) is 12.9. The molecule has 1 aromatic carbocycles. The van der Waals surface area contributed by atoms with Gasteiger partial charge in [-0.15, -0.1) is 11.3 Å². The molecule has 1 heterocycles. The third-order valence-electron chi connectivity index (χ3n) is 4.13. The second-order valence-corrected chi connectivity index (χ2v) is 7.34. The second-order valence-electron chi connectivity index (χ2n) is 6.24. The van der Waals surface area contributed by atoms with Crippen LogP contribution in [0.15, 0.2) is 24.3 Å². The standard InChI is InChI=1S/C19H20N2O5S/c1-11-4-2-5-12(8-11)25-10-16(23)26-9-15(22)21-19-17(18(20)24)13-6-3-7-14(13)27-19/h2,4-5,8H,3,6-7,9-10H2,1H3,(H2,20,24)(H,21,22). The summed E-state index contributed by atoms with van der Waals surface area (Å²) in [6.07, 6.45) is 2.64. The molecule has 0 fully saturated rings. The molecule has 0 spiro atoms. The van der Waals surface area contributed by atoms with E-state index >= 15 is 0 Å². The third-order valence-corrected chi connectivity index (χ3v) is 5.34. The van der Waals surface area contributed by atoms with Crippen molar-refractivity contribution in [1.82, 2.24) is 0 Å². The summed E-state index contributed by atoms with van der Waals surface area (Å²) in [6.45, 7) is 1.16. The normalized spacial score (nSPS) is 12.3. The molecule has 0 atom stereocenters. The minimum atomic E-state index is -0.657. The predicted molar refractivity (Wildman–Crippen MR) is 101 cm³/mol. The van der Waals surface area contributed by atoms with Gasteiger partial charge in [-0.05, 0) is 49.4 Å². The van der Waals surface area contributed by atoms with Crippen molar-refractivity contribution in [2.45, 2.75) is 26.2 Å². The fraction of sp³-hybridized carbons (Fsp3) is 0.316. The molecule has 3 N–H and O–H groups in total. The van der Waals surface area contributed by atoms with E-state index in [2.05, 4.69) is 5.32 Å². The van der Waals surface area contributed by atoms with Gasteiger partial charge in [0.15, 0.2) is 13.2 Å². The van der Waals surface area contributed by atoms with Crippen molar-refractivity contribution in [2.75, 3.05) is 18.5 Å². The van der Waals surface area contributed by atoms with Crippen LogP contribution in [0.5, 0.6) is 5.75 Å². The third kappa shape index (κ3) is 4.65. The Bertz CT molecular complexity index is 890. The number of anilines is 1. The fourth-order valence-electron chi connectivity index (χ4n) is 2.95. The highest BCUT2D eigenvalue weighted by Crippen LogP contribution is 2.38. The lowest BCUT2D eigenvalue weighted by molar-refractivity contribution is -0.149. The van der Waals surface area contributed by atoms with Gasteiger partial charge in [0.05, 0.1) is 5.56 Å². The van der Waals surface area contributed by atoms with Crippen molar-refractivity contribution < 1.29 is 23.9 Å². The summed E-state index contributed by atoms with van der Waals surface area (Å²) in [7, 11) is 0. The van der Waals surface area contributed by atoms with Crippen LogP contribution in [0.25, 0.3) is 0 Å². The molecule has 0 radical (unpaired) electrons. The highest BCUT2D eigenvalue weighted by atomic mass is 32.1. The van der Waals surface area contributed by atoms with Crippen LogP contribution in [0.1, 0.15) is 32.8 Å². The van der Waals surface area contributed by atoms with Gasteiger partial charge in [0.1, 0.15) is 10.8 Å². The number of primary amides is 1. The number of esters is 1. The van der Waals surface area contributed by atoms with E-state index < -0.39 is 24.4 Å². The van der Waals surface area contributed by atoms with E-state index in [9.17, 15) is 14.4 Å². The predicted octanol–water partition coefficient (Wildman–Crippen LogP) is 2.20. The lowest BCUT2D eigenvalue weighted by Crippen LogP contribution is -2.24. The van der Waals surface area contributed by atoms with Crippen LogP contribution in [0, 0.1) is 6.92 Å². The number of fused-ring (bicyclic) bond motifs is 1. The first-order valence-corrected chi connectivity index (χ1v) is 9.35. The molecule has 27 heavy (non-hydrogen) atoms. The Hall–Kier alpha value is -2.87. The molecule has 0 aliphatic heterocycles. The number of carbonyl (C=O) groups excluding carboxylic acids is 3. The molecular weight excluding hydrogens is 368 g/mol. The molecule has 8 heteroatoms. The number of nitrogens with one attached hydrogen (secondary N) is 1. The van der Waals surface area contributed by atoms with E-state index in [0.717, 1.165) is 35.3 Å². The molecule has 142 valence electrons. The van der Waals surface area contributed by atoms with E-state index in [1.807, 2.05) is 19.1 Å². The SMILES string of the molecule is Cc1cccc(OCC(=O)OCC(=O)Nc2sc3c(c2C(N)=O)CCC3)c1. The van der Waals surface area contributed by atoms with E-state index in [-0.39, 0.29) is 6.61 Å². The Balaban J connectivity index is 1.50. The minimum Gasteiger partial charge on any atom is -0.482 e. The molecule has 1 aliphatic rings. The van der Waals surface area contributed by atoms with Gasteiger partial charge in [0.2, 0.25) is 0 Å². The number of ether oxygens (including phenoxy) is 2. The van der Waals surface area contributed by atoms with Crippen LogP contribution in [0.2, 0.25) is 0 Å². The van der Waals surface area contributed by atoms with Gasteiger partial charge >= 0.3 is 5.97 Å². The first kappa shape index (κ1) is 18.9. The number of hydrogen-bond donors (Lipinski definition) is 2. The highest BCUT2D eigenvalue weighted by molar-refractivity contribution is 7.17. The smallest absolute Gasteiger partial charge is 0.344 e. The monoisotopic (exact) mass is 388 g/mol. The number of carbonyl (C=O) groups is 3. The average Bonchev–Trinajstić information content (AvgIpc) is 3.18. The van der Waals surface area contributed by atoms with E-state index in [1.165, 1.54) is 11.3 Å². The van der Waals surface area contributed by atoms with Crippen molar-refractivity contribution in [2.24, 2.45) is 5.73 Å². The second kappa shape index (κ2) is 8.22. The van der Waals surface area contributed by atoms with Crippen LogP contribution < -0.4 is 15.8 Å². The largest absolute Gasteiger partial charge is 0.482 e. The van der Waals surface area contributed by atoms with Crippen molar-refractivity contribution >= 4 is 34.1 Å². The van der Waals surface area contributed by atoms with Gasteiger partial charge < -0.3 is 20.5 Å². The molecule has 0 saturated heterocycles. The summed E-state index contributed by atoms with van der Waals surface area (Å²) in [6, 6.07) is 7.25. The molecule has 2 amide bonds. The van der Waals surface area contributed by atoms with Gasteiger partial charge in [0.25, 0.3) is 11.8 Å². The van der Waals surface area contributed by atoms with Gasteiger partial charge in [-0.1, -0.05) is 12.1 Å². The van der Waals surface area contributed by atoms with Crippen LogP contribution in [0.4, 0.5) is 5.00 Å². The van der Waals surface area contributed by atoms with Crippen molar-refractivity contribution in [1.29, 1.82) is 0 Å². The molecule has 1 aromatic heterocycles.